The lowest BCUT2D eigenvalue weighted by molar-refractivity contribution is -0.132. The van der Waals surface area contributed by atoms with Gasteiger partial charge in [0.05, 0.1) is 17.1 Å². The molecule has 0 aliphatic rings. The van der Waals surface area contributed by atoms with Gasteiger partial charge in [0.2, 0.25) is 0 Å². The van der Waals surface area contributed by atoms with Gasteiger partial charge in [-0.3, -0.25) is 0 Å². The summed E-state index contributed by atoms with van der Waals surface area (Å²) in [6, 6.07) is 5.28. The first-order valence-corrected chi connectivity index (χ1v) is 6.46. The molecule has 0 aromatic heterocycles. The molecule has 0 aliphatic carbocycles. The largest absolute Gasteiger partial charge is 0.390 e. The highest BCUT2D eigenvalue weighted by Crippen LogP contribution is 2.31. The number of nitrogens with zero attached hydrogens (tertiary/aromatic N) is 1. The van der Waals surface area contributed by atoms with Crippen molar-refractivity contribution in [3.63, 3.8) is 0 Å². The minimum absolute atomic E-state index is 0.104. The third-order valence-electron chi connectivity index (χ3n) is 2.33. The Morgan fingerprint density at radius 3 is 2.53 bits per heavy atom. The second-order valence-electron chi connectivity index (χ2n) is 3.67. The summed E-state index contributed by atoms with van der Waals surface area (Å²) >= 11 is 9.30. The topological polar surface area (TPSA) is 3.24 Å². The zero-order valence-corrected chi connectivity index (χ0v) is 11.5. The summed E-state index contributed by atoms with van der Waals surface area (Å²) < 4.78 is 36.4. The molecule has 17 heavy (non-hydrogen) atoms. The van der Waals surface area contributed by atoms with Crippen molar-refractivity contribution in [1.82, 2.24) is 0 Å². The molecule has 1 aromatic carbocycles. The van der Waals surface area contributed by atoms with Gasteiger partial charge >= 0.3 is 6.18 Å². The Balaban J connectivity index is 2.84. The lowest BCUT2D eigenvalue weighted by atomic mass is 10.2. The molecule has 96 valence electrons. The number of rotatable bonds is 4. The second-order valence-corrected chi connectivity index (χ2v) is 4.64. The normalized spacial score (nSPS) is 11.6. The molecule has 0 fully saturated rings. The van der Waals surface area contributed by atoms with Crippen LogP contribution in [-0.4, -0.2) is 19.8 Å². The van der Waals surface area contributed by atoms with Crippen LogP contribution in [0.15, 0.2) is 18.2 Å². The summed E-state index contributed by atoms with van der Waals surface area (Å²) in [5.74, 6) is 0. The second kappa shape index (κ2) is 5.96. The Morgan fingerprint density at radius 2 is 2.00 bits per heavy atom. The average Bonchev–Trinajstić information content (AvgIpc) is 2.24. The number of para-hydroxylation sites is 1. The van der Waals surface area contributed by atoms with E-state index in [1.54, 1.807) is 19.2 Å². The standard InChI is InChI=1S/C11H12BrClF3N/c1-17(6-5-11(14,15)16)10-8(7-12)3-2-4-9(10)13/h2-4H,5-7H2,1H3. The van der Waals surface area contributed by atoms with Crippen molar-refractivity contribution in [2.45, 2.75) is 17.9 Å². The summed E-state index contributed by atoms with van der Waals surface area (Å²) in [4.78, 5) is 1.53. The van der Waals surface area contributed by atoms with Crippen LogP contribution in [0.5, 0.6) is 0 Å². The molecule has 0 aliphatic heterocycles. The van der Waals surface area contributed by atoms with Crippen molar-refractivity contribution in [1.29, 1.82) is 0 Å². The molecule has 0 amide bonds. The molecule has 6 heteroatoms. The fraction of sp³-hybridized carbons (Fsp3) is 0.455. The van der Waals surface area contributed by atoms with E-state index in [0.717, 1.165) is 5.56 Å². The minimum Gasteiger partial charge on any atom is -0.373 e. The predicted octanol–water partition coefficient (Wildman–Crippen LogP) is 4.62. The van der Waals surface area contributed by atoms with E-state index in [9.17, 15) is 13.2 Å². The van der Waals surface area contributed by atoms with E-state index >= 15 is 0 Å². The van der Waals surface area contributed by atoms with Gasteiger partial charge in [0.1, 0.15) is 0 Å². The quantitative estimate of drug-likeness (QED) is 0.728. The molecule has 1 aromatic rings. The van der Waals surface area contributed by atoms with Crippen LogP contribution in [0.3, 0.4) is 0 Å². The van der Waals surface area contributed by atoms with Crippen LogP contribution in [0, 0.1) is 0 Å². The third-order valence-corrected chi connectivity index (χ3v) is 3.24. The zero-order chi connectivity index (χ0) is 13.1. The highest BCUT2D eigenvalue weighted by atomic mass is 79.9. The first-order chi connectivity index (χ1) is 7.85. The maximum Gasteiger partial charge on any atom is 0.390 e. The lowest BCUT2D eigenvalue weighted by Crippen LogP contribution is -2.25. The van der Waals surface area contributed by atoms with Crippen LogP contribution in [0.2, 0.25) is 5.02 Å². The van der Waals surface area contributed by atoms with Gasteiger partial charge < -0.3 is 4.90 Å². The summed E-state index contributed by atoms with van der Waals surface area (Å²) in [6.07, 6.45) is -5.00. The summed E-state index contributed by atoms with van der Waals surface area (Å²) in [5, 5.41) is 1.02. The number of hydrogen-bond donors (Lipinski definition) is 0. The van der Waals surface area contributed by atoms with Crippen molar-refractivity contribution in [2.24, 2.45) is 0 Å². The number of halogens is 5. The van der Waals surface area contributed by atoms with Crippen LogP contribution < -0.4 is 4.90 Å². The van der Waals surface area contributed by atoms with Gasteiger partial charge in [-0.2, -0.15) is 13.2 Å². The third kappa shape index (κ3) is 4.39. The van der Waals surface area contributed by atoms with E-state index in [1.165, 1.54) is 4.90 Å². The molecule has 0 spiro atoms. The molecule has 0 heterocycles. The molecule has 0 saturated heterocycles. The van der Waals surface area contributed by atoms with Crippen molar-refractivity contribution in [2.75, 3.05) is 18.5 Å². The van der Waals surface area contributed by atoms with E-state index in [2.05, 4.69) is 15.9 Å². The van der Waals surface area contributed by atoms with Gasteiger partial charge in [-0.1, -0.05) is 39.7 Å². The summed E-state index contributed by atoms with van der Waals surface area (Å²) in [7, 11) is 1.61. The fourth-order valence-corrected chi connectivity index (χ4v) is 2.29. The summed E-state index contributed by atoms with van der Waals surface area (Å²) in [5.41, 5.74) is 1.53. The molecule has 0 unspecified atom stereocenters. The van der Waals surface area contributed by atoms with Crippen molar-refractivity contribution < 1.29 is 13.2 Å². The molecule has 0 saturated carbocycles. The molecule has 1 rings (SSSR count). The Labute approximate surface area is 112 Å². The van der Waals surface area contributed by atoms with Crippen LogP contribution in [0.4, 0.5) is 18.9 Å². The SMILES string of the molecule is CN(CCC(F)(F)F)c1c(Cl)cccc1CBr. The average molecular weight is 331 g/mol. The molecule has 0 N–H and O–H groups in total. The lowest BCUT2D eigenvalue weighted by Gasteiger charge is -2.23. The Hall–Kier alpha value is -0.420. The number of hydrogen-bond acceptors (Lipinski definition) is 1. The van der Waals surface area contributed by atoms with Gasteiger partial charge in [-0.15, -0.1) is 0 Å². The van der Waals surface area contributed by atoms with Crippen LogP contribution in [0.1, 0.15) is 12.0 Å². The van der Waals surface area contributed by atoms with Crippen molar-refractivity contribution in [3.05, 3.63) is 28.8 Å². The number of anilines is 1. The Bertz CT molecular complexity index is 381. The molecule has 0 atom stereocenters. The maximum atomic E-state index is 12.1. The Morgan fingerprint density at radius 1 is 1.35 bits per heavy atom. The predicted molar refractivity (Wildman–Crippen MR) is 68.0 cm³/mol. The molecular formula is C11H12BrClF3N. The molecule has 0 bridgehead atoms. The van der Waals surface area contributed by atoms with Crippen molar-refractivity contribution >= 4 is 33.2 Å². The van der Waals surface area contributed by atoms with E-state index in [-0.39, 0.29) is 6.54 Å². The maximum absolute atomic E-state index is 12.1. The van der Waals surface area contributed by atoms with Crippen molar-refractivity contribution in [3.8, 4) is 0 Å². The van der Waals surface area contributed by atoms with E-state index < -0.39 is 12.6 Å². The zero-order valence-electron chi connectivity index (χ0n) is 9.19. The van der Waals surface area contributed by atoms with Crippen LogP contribution >= 0.6 is 27.5 Å². The van der Waals surface area contributed by atoms with E-state index in [4.69, 9.17) is 11.6 Å². The smallest absolute Gasteiger partial charge is 0.373 e. The number of benzene rings is 1. The van der Waals surface area contributed by atoms with Crippen LogP contribution in [-0.2, 0) is 5.33 Å². The van der Waals surface area contributed by atoms with Gasteiger partial charge in [-0.25, -0.2) is 0 Å². The molecular weight excluding hydrogens is 318 g/mol. The van der Waals surface area contributed by atoms with E-state index in [1.807, 2.05) is 6.07 Å². The number of alkyl halides is 4. The summed E-state index contributed by atoms with van der Waals surface area (Å²) in [6.45, 7) is -0.104. The first-order valence-electron chi connectivity index (χ1n) is 4.96. The highest BCUT2D eigenvalue weighted by Gasteiger charge is 2.27. The highest BCUT2D eigenvalue weighted by molar-refractivity contribution is 9.08. The Kier molecular flexibility index (Phi) is 5.13. The van der Waals surface area contributed by atoms with Gasteiger partial charge in [0.15, 0.2) is 0 Å². The monoisotopic (exact) mass is 329 g/mol. The molecule has 0 radical (unpaired) electrons. The fourth-order valence-electron chi connectivity index (χ4n) is 1.50. The first kappa shape index (κ1) is 14.6. The van der Waals surface area contributed by atoms with Gasteiger partial charge in [-0.05, 0) is 11.6 Å². The van der Waals surface area contributed by atoms with Gasteiger partial charge in [0.25, 0.3) is 0 Å². The minimum atomic E-state index is -4.15. The van der Waals surface area contributed by atoms with Gasteiger partial charge in [0, 0.05) is 18.9 Å². The van der Waals surface area contributed by atoms with E-state index in [0.29, 0.717) is 16.0 Å². The van der Waals surface area contributed by atoms with Crippen LogP contribution in [0.25, 0.3) is 0 Å². The molecule has 1 nitrogen and oxygen atoms in total.